The van der Waals surface area contributed by atoms with Gasteiger partial charge >= 0.3 is 0 Å². The highest BCUT2D eigenvalue weighted by Crippen LogP contribution is 2.33. The number of aryl methyl sites for hydroxylation is 1. The predicted octanol–water partition coefficient (Wildman–Crippen LogP) is 3.51. The molecule has 164 valence electrons. The van der Waals surface area contributed by atoms with Gasteiger partial charge in [-0.3, -0.25) is 9.10 Å². The molecule has 0 radical (unpaired) electrons. The summed E-state index contributed by atoms with van der Waals surface area (Å²) in [5.41, 5.74) is 1.26. The third-order valence-electron chi connectivity index (χ3n) is 4.65. The second-order valence-electron chi connectivity index (χ2n) is 6.92. The lowest BCUT2D eigenvalue weighted by Gasteiger charge is -2.25. The molecule has 0 fully saturated rings. The number of sulfonamides is 1. The minimum Gasteiger partial charge on any atom is -0.493 e. The number of hydrogen-bond donors (Lipinski definition) is 1. The maximum absolute atomic E-state index is 13.4. The quantitative estimate of drug-likeness (QED) is 0.547. The standard InChI is InChI=1S/C22H30N2O5S/c1-5-6-7-14-23-22(25)16-24(18-10-13-20(28-3)21(15-18)29-4)30(26,27)19-11-8-17(2)9-12-19/h8-13,15H,5-7,14,16H2,1-4H3,(H,23,25). The third kappa shape index (κ3) is 5.89. The number of carbonyl (C=O) groups excluding carboxylic acids is 1. The Kier molecular flexibility index (Phi) is 8.53. The summed E-state index contributed by atoms with van der Waals surface area (Å²) in [6.45, 7) is 4.13. The Morgan fingerprint density at radius 2 is 1.67 bits per heavy atom. The molecule has 0 aliphatic rings. The average molecular weight is 435 g/mol. The van der Waals surface area contributed by atoms with Crippen LogP contribution in [0.2, 0.25) is 0 Å². The minimum absolute atomic E-state index is 0.113. The lowest BCUT2D eigenvalue weighted by molar-refractivity contribution is -0.119. The maximum atomic E-state index is 13.4. The van der Waals surface area contributed by atoms with Crippen molar-refractivity contribution >= 4 is 21.6 Å². The summed E-state index contributed by atoms with van der Waals surface area (Å²) in [4.78, 5) is 12.6. The Labute approximate surface area is 179 Å². The van der Waals surface area contributed by atoms with Crippen LogP contribution < -0.4 is 19.1 Å². The van der Waals surface area contributed by atoms with Crippen molar-refractivity contribution in [3.8, 4) is 11.5 Å². The Hall–Kier alpha value is -2.74. The van der Waals surface area contributed by atoms with E-state index < -0.39 is 10.0 Å². The molecule has 0 saturated carbocycles. The summed E-state index contributed by atoms with van der Waals surface area (Å²) < 4.78 is 38.4. The van der Waals surface area contributed by atoms with Gasteiger partial charge in [-0.25, -0.2) is 8.42 Å². The highest BCUT2D eigenvalue weighted by molar-refractivity contribution is 7.92. The average Bonchev–Trinajstić information content (AvgIpc) is 2.74. The molecule has 0 aliphatic heterocycles. The molecule has 7 nitrogen and oxygen atoms in total. The van der Waals surface area contributed by atoms with Crippen LogP contribution in [-0.2, 0) is 14.8 Å². The van der Waals surface area contributed by atoms with Crippen molar-refractivity contribution in [2.45, 2.75) is 38.0 Å². The van der Waals surface area contributed by atoms with Gasteiger partial charge in [0.25, 0.3) is 10.0 Å². The van der Waals surface area contributed by atoms with E-state index >= 15 is 0 Å². The molecule has 2 aromatic carbocycles. The van der Waals surface area contributed by atoms with Gasteiger partial charge in [0.1, 0.15) is 6.54 Å². The van der Waals surface area contributed by atoms with Crippen LogP contribution in [0, 0.1) is 6.92 Å². The Balaban J connectivity index is 2.39. The van der Waals surface area contributed by atoms with Crippen molar-refractivity contribution < 1.29 is 22.7 Å². The highest BCUT2D eigenvalue weighted by atomic mass is 32.2. The van der Waals surface area contributed by atoms with Crippen LogP contribution in [0.3, 0.4) is 0 Å². The fourth-order valence-corrected chi connectivity index (χ4v) is 4.33. The summed E-state index contributed by atoms with van der Waals surface area (Å²) in [5, 5.41) is 2.80. The summed E-state index contributed by atoms with van der Waals surface area (Å²) in [7, 11) is -0.994. The van der Waals surface area contributed by atoms with Crippen LogP contribution in [0.1, 0.15) is 31.7 Å². The topological polar surface area (TPSA) is 84.9 Å². The lowest BCUT2D eigenvalue weighted by atomic mass is 10.2. The first-order valence-electron chi connectivity index (χ1n) is 9.91. The summed E-state index contributed by atoms with van der Waals surface area (Å²) in [6.07, 6.45) is 2.89. The second kappa shape index (κ2) is 10.9. The van der Waals surface area contributed by atoms with Gasteiger partial charge in [-0.1, -0.05) is 37.5 Å². The van der Waals surface area contributed by atoms with Crippen LogP contribution in [0.5, 0.6) is 11.5 Å². The smallest absolute Gasteiger partial charge is 0.264 e. The number of nitrogens with one attached hydrogen (secondary N) is 1. The summed E-state index contributed by atoms with van der Waals surface area (Å²) in [6, 6.07) is 11.3. The van der Waals surface area contributed by atoms with Crippen molar-refractivity contribution in [1.29, 1.82) is 0 Å². The molecule has 0 spiro atoms. The molecule has 1 amide bonds. The molecule has 0 bridgehead atoms. The molecule has 0 atom stereocenters. The number of benzene rings is 2. The SMILES string of the molecule is CCCCCNC(=O)CN(c1ccc(OC)c(OC)c1)S(=O)(=O)c1ccc(C)cc1. The van der Waals surface area contributed by atoms with E-state index in [1.54, 1.807) is 30.3 Å². The van der Waals surface area contributed by atoms with E-state index in [1.807, 2.05) is 6.92 Å². The first kappa shape index (κ1) is 23.5. The van der Waals surface area contributed by atoms with Gasteiger partial charge in [0.2, 0.25) is 5.91 Å². The van der Waals surface area contributed by atoms with Crippen LogP contribution in [0.15, 0.2) is 47.4 Å². The van der Waals surface area contributed by atoms with Gasteiger partial charge in [0.15, 0.2) is 11.5 Å². The monoisotopic (exact) mass is 434 g/mol. The summed E-state index contributed by atoms with van der Waals surface area (Å²) in [5.74, 6) is 0.483. The van der Waals surface area contributed by atoms with Gasteiger partial charge in [-0.2, -0.15) is 0 Å². The fraction of sp³-hybridized carbons (Fsp3) is 0.409. The van der Waals surface area contributed by atoms with Gasteiger partial charge in [0.05, 0.1) is 24.8 Å². The molecule has 0 aliphatic carbocycles. The van der Waals surface area contributed by atoms with E-state index in [2.05, 4.69) is 12.2 Å². The van der Waals surface area contributed by atoms with E-state index in [0.717, 1.165) is 29.1 Å². The molecule has 0 aromatic heterocycles. The maximum Gasteiger partial charge on any atom is 0.264 e. The molecule has 2 rings (SSSR count). The normalized spacial score (nSPS) is 11.1. The molecule has 0 unspecified atom stereocenters. The van der Waals surface area contributed by atoms with Gasteiger partial charge < -0.3 is 14.8 Å². The Morgan fingerprint density at radius 1 is 1.00 bits per heavy atom. The van der Waals surface area contributed by atoms with Crippen molar-refractivity contribution in [1.82, 2.24) is 5.32 Å². The number of nitrogens with zero attached hydrogens (tertiary/aromatic N) is 1. The lowest BCUT2D eigenvalue weighted by Crippen LogP contribution is -2.41. The third-order valence-corrected chi connectivity index (χ3v) is 6.44. The van der Waals surface area contributed by atoms with Crippen molar-refractivity contribution in [2.75, 3.05) is 31.6 Å². The molecular formula is C22H30N2O5S. The molecule has 1 N–H and O–H groups in total. The molecule has 8 heteroatoms. The number of methoxy groups -OCH3 is 2. The number of amides is 1. The minimum atomic E-state index is -3.97. The first-order valence-corrected chi connectivity index (χ1v) is 11.4. The van der Waals surface area contributed by atoms with Gasteiger partial charge in [0, 0.05) is 12.6 Å². The largest absolute Gasteiger partial charge is 0.493 e. The second-order valence-corrected chi connectivity index (χ2v) is 8.78. The van der Waals surface area contributed by atoms with Gasteiger partial charge in [-0.15, -0.1) is 0 Å². The number of carbonyl (C=O) groups is 1. The molecule has 2 aromatic rings. The van der Waals surface area contributed by atoms with Crippen molar-refractivity contribution in [3.05, 3.63) is 48.0 Å². The van der Waals surface area contributed by atoms with Crippen LogP contribution in [-0.4, -0.2) is 41.6 Å². The van der Waals surface area contributed by atoms with Crippen LogP contribution in [0.25, 0.3) is 0 Å². The number of unbranched alkanes of at least 4 members (excludes halogenated alkanes) is 2. The zero-order valence-corrected chi connectivity index (χ0v) is 18.8. The zero-order valence-electron chi connectivity index (χ0n) is 18.0. The molecule has 0 saturated heterocycles. The van der Waals surface area contributed by atoms with Crippen molar-refractivity contribution in [3.63, 3.8) is 0 Å². The highest BCUT2D eigenvalue weighted by Gasteiger charge is 2.28. The van der Waals surface area contributed by atoms with E-state index in [9.17, 15) is 13.2 Å². The number of anilines is 1. The number of rotatable bonds is 11. The van der Waals surface area contributed by atoms with Gasteiger partial charge in [-0.05, 0) is 37.6 Å². The number of ether oxygens (including phenoxy) is 2. The fourth-order valence-electron chi connectivity index (χ4n) is 2.92. The first-order chi connectivity index (χ1) is 14.3. The molecule has 0 heterocycles. The van der Waals surface area contributed by atoms with Crippen LogP contribution >= 0.6 is 0 Å². The van der Waals surface area contributed by atoms with Crippen LogP contribution in [0.4, 0.5) is 5.69 Å². The van der Waals surface area contributed by atoms with E-state index in [1.165, 1.54) is 26.4 Å². The molecular weight excluding hydrogens is 404 g/mol. The zero-order chi connectivity index (χ0) is 22.1. The Bertz CT molecular complexity index is 943. The summed E-state index contributed by atoms with van der Waals surface area (Å²) >= 11 is 0. The van der Waals surface area contributed by atoms with E-state index in [-0.39, 0.29) is 17.3 Å². The number of hydrogen-bond acceptors (Lipinski definition) is 5. The predicted molar refractivity (Wildman–Crippen MR) is 118 cm³/mol. The van der Waals surface area contributed by atoms with Crippen molar-refractivity contribution in [2.24, 2.45) is 0 Å². The Morgan fingerprint density at radius 3 is 2.27 bits per heavy atom. The van der Waals surface area contributed by atoms with E-state index in [4.69, 9.17) is 9.47 Å². The van der Waals surface area contributed by atoms with E-state index in [0.29, 0.717) is 23.7 Å². The molecule has 30 heavy (non-hydrogen) atoms.